The summed E-state index contributed by atoms with van der Waals surface area (Å²) in [5, 5.41) is 5.61. The van der Waals surface area contributed by atoms with E-state index in [4.69, 9.17) is 5.73 Å². The highest BCUT2D eigenvalue weighted by atomic mass is 32.2. The number of amides is 2. The van der Waals surface area contributed by atoms with Crippen LogP contribution in [-0.2, 0) is 19.4 Å². The van der Waals surface area contributed by atoms with Gasteiger partial charge in [0, 0.05) is 31.0 Å². The first-order valence-electron chi connectivity index (χ1n) is 9.37. The third kappa shape index (κ3) is 4.73. The van der Waals surface area contributed by atoms with Crippen LogP contribution in [0.15, 0.2) is 0 Å². The Bertz CT molecular complexity index is 607. The molecule has 8 heteroatoms. The number of carbonyl (C=O) groups is 2. The summed E-state index contributed by atoms with van der Waals surface area (Å²) in [6.07, 6.45) is 5.83. The van der Waals surface area contributed by atoms with E-state index >= 15 is 0 Å². The Morgan fingerprint density at radius 1 is 1.08 bits per heavy atom. The topological polar surface area (TPSA) is 118 Å². The predicted octanol–water partition coefficient (Wildman–Crippen LogP) is -0.0504. The van der Waals surface area contributed by atoms with E-state index in [0.717, 1.165) is 25.7 Å². The first kappa shape index (κ1) is 18.6. The second-order valence-corrected chi connectivity index (χ2v) is 10.1. The van der Waals surface area contributed by atoms with E-state index in [1.165, 1.54) is 6.42 Å². The maximum Gasteiger partial charge on any atom is 0.223 e. The van der Waals surface area contributed by atoms with Gasteiger partial charge < -0.3 is 16.4 Å². The monoisotopic (exact) mass is 371 g/mol. The lowest BCUT2D eigenvalue weighted by atomic mass is 9.65. The smallest absolute Gasteiger partial charge is 0.223 e. The van der Waals surface area contributed by atoms with E-state index in [1.807, 2.05) is 0 Å². The van der Waals surface area contributed by atoms with Gasteiger partial charge in [0.15, 0.2) is 9.84 Å². The lowest BCUT2D eigenvalue weighted by Gasteiger charge is -2.43. The summed E-state index contributed by atoms with van der Waals surface area (Å²) in [7, 11) is -3.00. The molecule has 7 nitrogen and oxygen atoms in total. The van der Waals surface area contributed by atoms with Crippen LogP contribution < -0.4 is 16.4 Å². The highest BCUT2D eigenvalue weighted by Gasteiger charge is 2.40. The highest BCUT2D eigenvalue weighted by molar-refractivity contribution is 7.91. The van der Waals surface area contributed by atoms with Crippen LogP contribution in [0.3, 0.4) is 0 Å². The number of rotatable bonds is 5. The molecule has 0 radical (unpaired) electrons. The molecule has 3 fully saturated rings. The molecule has 142 valence electrons. The zero-order chi connectivity index (χ0) is 18.0. The molecule has 4 N–H and O–H groups in total. The quantitative estimate of drug-likeness (QED) is 0.626. The molecule has 0 aromatic rings. The number of nitrogens with two attached hydrogens (primary N) is 1. The van der Waals surface area contributed by atoms with Gasteiger partial charge in [-0.15, -0.1) is 0 Å². The summed E-state index contributed by atoms with van der Waals surface area (Å²) in [5.74, 6) is 0.909. The van der Waals surface area contributed by atoms with Crippen LogP contribution in [0.1, 0.15) is 44.9 Å². The number of sulfone groups is 1. The van der Waals surface area contributed by atoms with Crippen LogP contribution in [0, 0.1) is 17.8 Å². The fourth-order valence-corrected chi connectivity index (χ4v) is 6.33. The van der Waals surface area contributed by atoms with Crippen molar-refractivity contribution in [3.63, 3.8) is 0 Å². The van der Waals surface area contributed by atoms with Crippen molar-refractivity contribution in [1.29, 1.82) is 0 Å². The molecular formula is C17H29N3O4S. The number of hydrogen-bond donors (Lipinski definition) is 3. The van der Waals surface area contributed by atoms with Crippen LogP contribution in [-0.4, -0.2) is 50.4 Å². The first-order valence-corrected chi connectivity index (χ1v) is 11.2. The Kier molecular flexibility index (Phi) is 5.68. The normalized spacial score (nSPS) is 36.6. The summed E-state index contributed by atoms with van der Waals surface area (Å²) in [6.45, 7) is 0.294. The highest BCUT2D eigenvalue weighted by Crippen LogP contribution is 2.41. The van der Waals surface area contributed by atoms with Crippen molar-refractivity contribution < 1.29 is 18.0 Å². The van der Waals surface area contributed by atoms with Crippen LogP contribution >= 0.6 is 0 Å². The fourth-order valence-electron chi connectivity index (χ4n) is 4.66. The Labute approximate surface area is 149 Å². The molecule has 2 bridgehead atoms. The molecule has 1 saturated heterocycles. The van der Waals surface area contributed by atoms with E-state index < -0.39 is 9.84 Å². The van der Waals surface area contributed by atoms with Crippen molar-refractivity contribution in [2.75, 3.05) is 18.1 Å². The maximum absolute atomic E-state index is 12.4. The largest absolute Gasteiger partial charge is 0.355 e. The molecular weight excluding hydrogens is 342 g/mol. The summed E-state index contributed by atoms with van der Waals surface area (Å²) in [6, 6.07) is -0.0429. The van der Waals surface area contributed by atoms with Gasteiger partial charge in [-0.2, -0.15) is 0 Å². The number of fused-ring (bicyclic) bond motifs is 2. The van der Waals surface area contributed by atoms with Gasteiger partial charge in [-0.3, -0.25) is 9.59 Å². The Balaban J connectivity index is 1.37. The molecule has 1 aliphatic heterocycles. The van der Waals surface area contributed by atoms with Crippen LogP contribution in [0.5, 0.6) is 0 Å². The van der Waals surface area contributed by atoms with Gasteiger partial charge in [-0.1, -0.05) is 6.42 Å². The van der Waals surface area contributed by atoms with E-state index in [-0.39, 0.29) is 47.7 Å². The van der Waals surface area contributed by atoms with Gasteiger partial charge in [0.1, 0.15) is 0 Å². The number of hydrogen-bond acceptors (Lipinski definition) is 5. The average molecular weight is 372 g/mol. The summed E-state index contributed by atoms with van der Waals surface area (Å²) >= 11 is 0. The number of nitrogens with one attached hydrogen (secondary N) is 2. The third-order valence-corrected chi connectivity index (χ3v) is 7.80. The van der Waals surface area contributed by atoms with Gasteiger partial charge >= 0.3 is 0 Å². The molecule has 3 atom stereocenters. The fraction of sp³-hybridized carbons (Fsp3) is 0.882. The Morgan fingerprint density at radius 2 is 1.76 bits per heavy atom. The van der Waals surface area contributed by atoms with Gasteiger partial charge in [0.25, 0.3) is 0 Å². The second kappa shape index (κ2) is 7.61. The molecule has 0 aromatic heterocycles. The molecule has 1 heterocycles. The van der Waals surface area contributed by atoms with E-state index in [0.29, 0.717) is 24.8 Å². The van der Waals surface area contributed by atoms with Crippen molar-refractivity contribution in [2.24, 2.45) is 23.5 Å². The zero-order valence-corrected chi connectivity index (χ0v) is 15.4. The van der Waals surface area contributed by atoms with Crippen molar-refractivity contribution in [3.8, 4) is 0 Å². The molecule has 3 rings (SSSR count). The predicted molar refractivity (Wildman–Crippen MR) is 94.4 cm³/mol. The van der Waals surface area contributed by atoms with Gasteiger partial charge in [0.2, 0.25) is 11.8 Å². The summed E-state index contributed by atoms with van der Waals surface area (Å²) < 4.78 is 22.8. The molecule has 3 unspecified atom stereocenters. The standard InChI is InChI=1S/C17H29N3O4S/c18-16-11-2-1-3-12(16)9-13(8-11)17(22)19-6-4-15(21)20-14-5-7-25(23,24)10-14/h11-14,16H,1-10,18H2,(H,19,22)(H,20,21). The molecule has 0 spiro atoms. The minimum atomic E-state index is -3.00. The van der Waals surface area contributed by atoms with Crippen LogP contribution in [0.4, 0.5) is 0 Å². The van der Waals surface area contributed by atoms with Crippen molar-refractivity contribution in [1.82, 2.24) is 10.6 Å². The van der Waals surface area contributed by atoms with Gasteiger partial charge in [-0.25, -0.2) is 8.42 Å². The zero-order valence-electron chi connectivity index (χ0n) is 14.6. The SMILES string of the molecule is NC1C2CCCC1CC(C(=O)NCCC(=O)NC1CCS(=O)(=O)C1)C2. The number of carbonyl (C=O) groups excluding carboxylic acids is 2. The van der Waals surface area contributed by atoms with Crippen LogP contribution in [0.25, 0.3) is 0 Å². The van der Waals surface area contributed by atoms with E-state index in [9.17, 15) is 18.0 Å². The lowest BCUT2D eigenvalue weighted by molar-refractivity contribution is -0.128. The summed E-state index contributed by atoms with van der Waals surface area (Å²) in [5.41, 5.74) is 6.26. The molecule has 0 aromatic carbocycles. The molecule has 2 amide bonds. The van der Waals surface area contributed by atoms with Crippen molar-refractivity contribution in [2.45, 2.75) is 57.0 Å². The average Bonchev–Trinajstić information content (AvgIpc) is 2.85. The molecule has 2 saturated carbocycles. The first-order chi connectivity index (χ1) is 11.8. The van der Waals surface area contributed by atoms with Gasteiger partial charge in [0.05, 0.1) is 11.5 Å². The summed E-state index contributed by atoms with van der Waals surface area (Å²) in [4.78, 5) is 24.3. The molecule has 3 aliphatic rings. The van der Waals surface area contributed by atoms with Crippen molar-refractivity contribution in [3.05, 3.63) is 0 Å². The maximum atomic E-state index is 12.4. The minimum Gasteiger partial charge on any atom is -0.355 e. The van der Waals surface area contributed by atoms with Crippen LogP contribution in [0.2, 0.25) is 0 Å². The lowest BCUT2D eigenvalue weighted by Crippen LogP contribution is -2.49. The minimum absolute atomic E-state index is 0.0122. The van der Waals surface area contributed by atoms with Gasteiger partial charge in [-0.05, 0) is 43.9 Å². The van der Waals surface area contributed by atoms with E-state index in [1.54, 1.807) is 0 Å². The Hall–Kier alpha value is -1.15. The van der Waals surface area contributed by atoms with E-state index in [2.05, 4.69) is 10.6 Å². The Morgan fingerprint density at radius 3 is 2.36 bits per heavy atom. The molecule has 2 aliphatic carbocycles. The molecule has 25 heavy (non-hydrogen) atoms. The third-order valence-electron chi connectivity index (χ3n) is 6.03. The van der Waals surface area contributed by atoms with Crippen molar-refractivity contribution >= 4 is 21.7 Å². The second-order valence-electron chi connectivity index (χ2n) is 7.91.